The summed E-state index contributed by atoms with van der Waals surface area (Å²) in [6.45, 7) is 7.17. The van der Waals surface area contributed by atoms with Crippen molar-refractivity contribution in [3.63, 3.8) is 0 Å². The first kappa shape index (κ1) is 23.9. The number of hydrogen-bond acceptors (Lipinski definition) is 5. The molecule has 1 saturated heterocycles. The highest BCUT2D eigenvalue weighted by Gasteiger charge is 2.44. The number of nitrogens with one attached hydrogen (secondary N) is 1. The van der Waals surface area contributed by atoms with Gasteiger partial charge in [-0.15, -0.1) is 11.3 Å². The van der Waals surface area contributed by atoms with Crippen LogP contribution >= 0.6 is 11.3 Å². The minimum Gasteiger partial charge on any atom is -0.383 e. The summed E-state index contributed by atoms with van der Waals surface area (Å²) < 4.78 is 5.29. The number of methoxy groups -OCH3 is 1. The Morgan fingerprint density at radius 3 is 2.67 bits per heavy atom. The Labute approximate surface area is 200 Å². The first-order chi connectivity index (χ1) is 16.1. The van der Waals surface area contributed by atoms with Crippen LogP contribution in [0.5, 0.6) is 0 Å². The van der Waals surface area contributed by atoms with E-state index in [4.69, 9.17) is 4.74 Å². The molecule has 3 heterocycles. The molecule has 1 fully saturated rings. The Bertz CT molecular complexity index is 925. The maximum Gasteiger partial charge on any atom is 0.254 e. The summed E-state index contributed by atoms with van der Waals surface area (Å²) in [6, 6.07) is 11.2. The highest BCUT2D eigenvalue weighted by molar-refractivity contribution is 7.10. The normalized spacial score (nSPS) is 21.8. The molecule has 1 N–H and O–H groups in total. The lowest BCUT2D eigenvalue weighted by atomic mass is 9.81. The molecule has 0 radical (unpaired) electrons. The zero-order valence-corrected chi connectivity index (χ0v) is 20.5. The molecule has 1 aromatic carbocycles. The van der Waals surface area contributed by atoms with Crippen LogP contribution in [-0.2, 0) is 9.53 Å². The lowest BCUT2D eigenvalue weighted by molar-refractivity contribution is -0.124. The maximum absolute atomic E-state index is 13.6. The van der Waals surface area contributed by atoms with Gasteiger partial charge in [-0.25, -0.2) is 0 Å². The van der Waals surface area contributed by atoms with E-state index < -0.39 is 5.92 Å². The fraction of sp³-hybridized carbons (Fsp3) is 0.538. The van der Waals surface area contributed by atoms with Crippen LogP contribution in [0.25, 0.3) is 0 Å². The lowest BCUT2D eigenvalue weighted by Gasteiger charge is -2.41. The average Bonchev–Trinajstić information content (AvgIpc) is 3.37. The maximum atomic E-state index is 13.6. The Balaban J connectivity index is 1.51. The number of likely N-dealkylation sites (tertiary alicyclic amines) is 1. The Morgan fingerprint density at radius 1 is 1.15 bits per heavy atom. The number of benzene rings is 1. The molecule has 33 heavy (non-hydrogen) atoms. The summed E-state index contributed by atoms with van der Waals surface area (Å²) in [5, 5.41) is 5.20. The smallest absolute Gasteiger partial charge is 0.254 e. The summed E-state index contributed by atoms with van der Waals surface area (Å²) in [5.41, 5.74) is 1.43. The largest absolute Gasteiger partial charge is 0.383 e. The first-order valence-electron chi connectivity index (χ1n) is 12.0. The Morgan fingerprint density at radius 2 is 1.94 bits per heavy atom. The summed E-state index contributed by atoms with van der Waals surface area (Å²) >= 11 is 1.59. The van der Waals surface area contributed by atoms with E-state index in [1.807, 2.05) is 46.7 Å². The lowest BCUT2D eigenvalue weighted by Crippen LogP contribution is -2.48. The van der Waals surface area contributed by atoms with Crippen LogP contribution in [0.15, 0.2) is 41.8 Å². The zero-order chi connectivity index (χ0) is 23.2. The van der Waals surface area contributed by atoms with Gasteiger partial charge in [-0.1, -0.05) is 31.2 Å². The topological polar surface area (TPSA) is 61.9 Å². The number of ether oxygens (including phenoxy) is 1. The van der Waals surface area contributed by atoms with E-state index in [2.05, 4.69) is 17.1 Å². The highest BCUT2D eigenvalue weighted by atomic mass is 32.1. The molecule has 0 spiro atoms. The second-order valence-electron chi connectivity index (χ2n) is 9.19. The predicted molar refractivity (Wildman–Crippen MR) is 132 cm³/mol. The van der Waals surface area contributed by atoms with Gasteiger partial charge in [-0.05, 0) is 67.9 Å². The van der Waals surface area contributed by atoms with Gasteiger partial charge in [0, 0.05) is 30.6 Å². The average molecular weight is 470 g/mol. The van der Waals surface area contributed by atoms with Crippen molar-refractivity contribution in [2.75, 3.05) is 46.4 Å². The van der Waals surface area contributed by atoms with Crippen molar-refractivity contribution in [2.45, 2.75) is 38.1 Å². The number of fused-ring (bicyclic) bond motifs is 1. The molecule has 2 aromatic rings. The molecule has 0 bridgehead atoms. The van der Waals surface area contributed by atoms with Crippen LogP contribution in [-0.4, -0.2) is 68.1 Å². The van der Waals surface area contributed by atoms with E-state index in [-0.39, 0.29) is 17.9 Å². The number of amides is 2. The summed E-state index contributed by atoms with van der Waals surface area (Å²) in [7, 11) is 1.63. The number of piperidine rings is 1. The molecule has 2 aliphatic rings. The van der Waals surface area contributed by atoms with Crippen molar-refractivity contribution < 1.29 is 14.3 Å². The van der Waals surface area contributed by atoms with Gasteiger partial charge in [0.25, 0.3) is 5.91 Å². The van der Waals surface area contributed by atoms with Crippen LogP contribution in [0.3, 0.4) is 0 Å². The minimum absolute atomic E-state index is 0.0111. The molecule has 1 aromatic heterocycles. The zero-order valence-electron chi connectivity index (χ0n) is 19.7. The van der Waals surface area contributed by atoms with Gasteiger partial charge in [0.05, 0.1) is 18.6 Å². The standard InChI is InChI=1S/C26H35N3O3S/c1-19-10-14-28(15-11-19)13-6-12-27-25(30)23-20-7-3-4-8-21(20)26(31)29(16-17-32-2)24(23)22-9-5-18-33-22/h3-5,7-9,18-19,23-24H,6,10-17H2,1-2H3,(H,27,30)/t23-,24+/m1/s1. The molecular weight excluding hydrogens is 434 g/mol. The molecule has 178 valence electrons. The van der Waals surface area contributed by atoms with Crippen LogP contribution < -0.4 is 5.32 Å². The first-order valence-corrected chi connectivity index (χ1v) is 12.9. The molecule has 4 rings (SSSR count). The van der Waals surface area contributed by atoms with Crippen molar-refractivity contribution in [1.82, 2.24) is 15.1 Å². The summed E-state index contributed by atoms with van der Waals surface area (Å²) in [5.74, 6) is 0.336. The van der Waals surface area contributed by atoms with E-state index in [1.165, 1.54) is 12.8 Å². The van der Waals surface area contributed by atoms with Gasteiger partial charge >= 0.3 is 0 Å². The number of hydrogen-bond donors (Lipinski definition) is 1. The van der Waals surface area contributed by atoms with Crippen LogP contribution in [0, 0.1) is 5.92 Å². The number of nitrogens with zero attached hydrogens (tertiary/aromatic N) is 2. The van der Waals surface area contributed by atoms with E-state index in [0.717, 1.165) is 42.4 Å². The molecule has 6 nitrogen and oxygen atoms in total. The molecule has 0 unspecified atom stereocenters. The van der Waals surface area contributed by atoms with Gasteiger partial charge in [0.1, 0.15) is 0 Å². The van der Waals surface area contributed by atoms with Crippen molar-refractivity contribution in [3.05, 3.63) is 57.8 Å². The number of thiophene rings is 1. The molecule has 2 amide bonds. The number of rotatable bonds is 9. The van der Waals surface area contributed by atoms with Gasteiger partial charge < -0.3 is 19.9 Å². The van der Waals surface area contributed by atoms with Crippen LogP contribution in [0.4, 0.5) is 0 Å². The quantitative estimate of drug-likeness (QED) is 0.566. The summed E-state index contributed by atoms with van der Waals surface area (Å²) in [4.78, 5) is 32.3. The van der Waals surface area contributed by atoms with E-state index in [9.17, 15) is 9.59 Å². The second kappa shape index (κ2) is 11.3. The van der Waals surface area contributed by atoms with Gasteiger partial charge in [0.2, 0.25) is 5.91 Å². The molecule has 0 saturated carbocycles. The molecule has 2 atom stereocenters. The molecule has 7 heteroatoms. The molecule has 2 aliphatic heterocycles. The van der Waals surface area contributed by atoms with Crippen molar-refractivity contribution >= 4 is 23.2 Å². The van der Waals surface area contributed by atoms with Crippen molar-refractivity contribution in [1.29, 1.82) is 0 Å². The highest BCUT2D eigenvalue weighted by Crippen LogP contribution is 2.44. The summed E-state index contributed by atoms with van der Waals surface area (Å²) in [6.07, 6.45) is 3.46. The fourth-order valence-electron chi connectivity index (χ4n) is 5.00. The number of carbonyl (C=O) groups is 2. The van der Waals surface area contributed by atoms with E-state index >= 15 is 0 Å². The second-order valence-corrected chi connectivity index (χ2v) is 10.2. The molecular formula is C26H35N3O3S. The van der Waals surface area contributed by atoms with Crippen LogP contribution in [0.1, 0.15) is 58.9 Å². The third kappa shape index (κ3) is 5.48. The third-order valence-corrected chi connectivity index (χ3v) is 7.86. The fourth-order valence-corrected chi connectivity index (χ4v) is 5.87. The Kier molecular flexibility index (Phi) is 8.17. The van der Waals surface area contributed by atoms with Crippen molar-refractivity contribution in [3.8, 4) is 0 Å². The SMILES string of the molecule is COCCN1C(=O)c2ccccc2[C@@H](C(=O)NCCCN2CCC(C)CC2)[C@@H]1c1cccs1. The monoisotopic (exact) mass is 469 g/mol. The van der Waals surface area contributed by atoms with Crippen LogP contribution in [0.2, 0.25) is 0 Å². The third-order valence-electron chi connectivity index (χ3n) is 6.92. The number of carbonyl (C=O) groups excluding carboxylic acids is 2. The van der Waals surface area contributed by atoms with Crippen molar-refractivity contribution in [2.24, 2.45) is 5.92 Å². The Hall–Kier alpha value is -2.22. The minimum atomic E-state index is -0.440. The van der Waals surface area contributed by atoms with Gasteiger partial charge in [-0.3, -0.25) is 9.59 Å². The van der Waals surface area contributed by atoms with Gasteiger partial charge in [0.15, 0.2) is 0 Å². The molecule has 0 aliphatic carbocycles. The van der Waals surface area contributed by atoms with Gasteiger partial charge in [-0.2, -0.15) is 0 Å². The van der Waals surface area contributed by atoms with E-state index in [1.54, 1.807) is 18.4 Å². The van der Waals surface area contributed by atoms with E-state index in [0.29, 0.717) is 25.3 Å². The predicted octanol–water partition coefficient (Wildman–Crippen LogP) is 3.91.